The van der Waals surface area contributed by atoms with Crippen molar-refractivity contribution in [1.29, 1.82) is 0 Å². The minimum atomic E-state index is -0.827. The third-order valence-electron chi connectivity index (χ3n) is 0.882. The van der Waals surface area contributed by atoms with Gasteiger partial charge in [0.1, 0.15) is 0 Å². The van der Waals surface area contributed by atoms with Crippen LogP contribution in [0.3, 0.4) is 0 Å². The first-order chi connectivity index (χ1) is 5.56. The molecule has 5 nitrogen and oxygen atoms in total. The Balaban J connectivity index is 3.83. The first kappa shape index (κ1) is 10.7. The Labute approximate surface area is 70.8 Å². The van der Waals surface area contributed by atoms with Gasteiger partial charge >= 0.3 is 6.09 Å². The lowest BCUT2D eigenvalue weighted by Gasteiger charge is -2.01. The summed E-state index contributed by atoms with van der Waals surface area (Å²) in [5, 5.41) is 6.16. The first-order valence-electron chi connectivity index (χ1n) is 3.71. The van der Waals surface area contributed by atoms with E-state index < -0.39 is 12.0 Å². The van der Waals surface area contributed by atoms with Gasteiger partial charge in [-0.3, -0.25) is 4.79 Å². The number of carbonyl (C=O) groups excluding carboxylic acids is 2. The topological polar surface area (TPSA) is 68.1 Å². The highest BCUT2D eigenvalue weighted by atomic mass is 16.6. The molecule has 0 saturated carbocycles. The third kappa shape index (κ3) is 5.52. The van der Waals surface area contributed by atoms with Crippen LogP contribution in [0.25, 0.3) is 0 Å². The van der Waals surface area contributed by atoms with Gasteiger partial charge in [-0.15, -0.1) is 5.11 Å². The lowest BCUT2D eigenvalue weighted by atomic mass is 10.5. The molecule has 0 aromatic rings. The van der Waals surface area contributed by atoms with Crippen LogP contribution in [-0.4, -0.2) is 18.1 Å². The van der Waals surface area contributed by atoms with Crippen molar-refractivity contribution in [2.75, 3.05) is 0 Å². The van der Waals surface area contributed by atoms with Crippen molar-refractivity contribution in [2.24, 2.45) is 10.2 Å². The summed E-state index contributed by atoms with van der Waals surface area (Å²) < 4.78 is 4.59. The van der Waals surface area contributed by atoms with E-state index in [0.29, 0.717) is 0 Å². The zero-order chi connectivity index (χ0) is 9.56. The maximum Gasteiger partial charge on any atom is 0.452 e. The van der Waals surface area contributed by atoms with E-state index >= 15 is 0 Å². The average molecular weight is 172 g/mol. The van der Waals surface area contributed by atoms with E-state index in [-0.39, 0.29) is 12.5 Å². The fourth-order valence-corrected chi connectivity index (χ4v) is 0.393. The summed E-state index contributed by atoms with van der Waals surface area (Å²) in [5.74, 6) is -0.435. The largest absolute Gasteiger partial charge is 0.452 e. The molecule has 0 spiro atoms. The number of azo groups is 1. The number of hydrogen-bond acceptors (Lipinski definition) is 3. The number of ether oxygens (including phenoxy) is 1. The van der Waals surface area contributed by atoms with Crippen molar-refractivity contribution in [3.8, 4) is 0 Å². The van der Waals surface area contributed by atoms with Gasteiger partial charge in [0.25, 0.3) is 5.91 Å². The highest BCUT2D eigenvalue weighted by Gasteiger charge is 2.03. The minimum absolute atomic E-state index is 0.235. The highest BCUT2D eigenvalue weighted by molar-refractivity contribution is 5.78. The number of carbonyl (C=O) groups is 2. The molecule has 68 valence electrons. The fourth-order valence-electron chi connectivity index (χ4n) is 0.393. The molecule has 0 atom stereocenters. The van der Waals surface area contributed by atoms with Gasteiger partial charge in [-0.05, 0) is 13.8 Å². The standard InChI is InChI=1S/C7H12N2O3/c1-4-6(10)8-9-7(11)12-5(2)3/h5H,4H2,1-3H3. The Bertz CT molecular complexity index is 199. The summed E-state index contributed by atoms with van der Waals surface area (Å²) in [7, 11) is 0. The van der Waals surface area contributed by atoms with Gasteiger partial charge in [-0.2, -0.15) is 0 Å². The van der Waals surface area contributed by atoms with E-state index in [1.807, 2.05) is 0 Å². The number of hydrogen-bond donors (Lipinski definition) is 0. The molecule has 5 heteroatoms. The molecule has 2 amide bonds. The van der Waals surface area contributed by atoms with Crippen LogP contribution in [0.2, 0.25) is 0 Å². The van der Waals surface area contributed by atoms with Crippen molar-refractivity contribution >= 4 is 12.0 Å². The van der Waals surface area contributed by atoms with Crippen LogP contribution in [0.5, 0.6) is 0 Å². The van der Waals surface area contributed by atoms with Gasteiger partial charge in [0.05, 0.1) is 6.10 Å². The first-order valence-corrected chi connectivity index (χ1v) is 3.71. The zero-order valence-corrected chi connectivity index (χ0v) is 7.40. The van der Waals surface area contributed by atoms with Crippen molar-refractivity contribution in [2.45, 2.75) is 33.3 Å². The Morgan fingerprint density at radius 2 is 1.92 bits per heavy atom. The SMILES string of the molecule is CCC(=O)N=NC(=O)OC(C)C. The molecule has 0 heterocycles. The predicted molar refractivity (Wildman–Crippen MR) is 41.8 cm³/mol. The van der Waals surface area contributed by atoms with E-state index in [0.717, 1.165) is 0 Å². The fraction of sp³-hybridized carbons (Fsp3) is 0.714. The minimum Gasteiger partial charge on any atom is -0.444 e. The van der Waals surface area contributed by atoms with Crippen LogP contribution >= 0.6 is 0 Å². The Morgan fingerprint density at radius 1 is 1.33 bits per heavy atom. The van der Waals surface area contributed by atoms with Crippen LogP contribution in [0.1, 0.15) is 27.2 Å². The molecule has 0 aromatic carbocycles. The van der Waals surface area contributed by atoms with Crippen molar-refractivity contribution in [3.63, 3.8) is 0 Å². The molecule has 0 aliphatic rings. The summed E-state index contributed by atoms with van der Waals surface area (Å²) >= 11 is 0. The molecular weight excluding hydrogens is 160 g/mol. The van der Waals surface area contributed by atoms with Gasteiger partial charge in [-0.1, -0.05) is 12.0 Å². The average Bonchev–Trinajstić information content (AvgIpc) is 1.99. The van der Waals surface area contributed by atoms with Gasteiger partial charge < -0.3 is 4.74 Å². The van der Waals surface area contributed by atoms with Crippen LogP contribution < -0.4 is 0 Å². The molecule has 0 fully saturated rings. The lowest BCUT2D eigenvalue weighted by molar-refractivity contribution is -0.118. The van der Waals surface area contributed by atoms with Crippen molar-refractivity contribution < 1.29 is 14.3 Å². The van der Waals surface area contributed by atoms with Crippen molar-refractivity contribution in [1.82, 2.24) is 0 Å². The number of amides is 2. The Morgan fingerprint density at radius 3 is 2.33 bits per heavy atom. The molecule has 0 bridgehead atoms. The summed E-state index contributed by atoms with van der Waals surface area (Å²) in [6, 6.07) is 0. The smallest absolute Gasteiger partial charge is 0.444 e. The molecule has 0 radical (unpaired) electrons. The molecule has 0 N–H and O–H groups in total. The van der Waals surface area contributed by atoms with E-state index in [9.17, 15) is 9.59 Å². The second kappa shape index (κ2) is 5.40. The Kier molecular flexibility index (Phi) is 4.83. The van der Waals surface area contributed by atoms with Crippen LogP contribution in [0.15, 0.2) is 10.2 Å². The zero-order valence-electron chi connectivity index (χ0n) is 7.40. The lowest BCUT2D eigenvalue weighted by Crippen LogP contribution is -2.07. The third-order valence-corrected chi connectivity index (χ3v) is 0.882. The van der Waals surface area contributed by atoms with Gasteiger partial charge in [0, 0.05) is 6.42 Å². The van der Waals surface area contributed by atoms with Gasteiger partial charge in [-0.25, -0.2) is 4.79 Å². The predicted octanol–water partition coefficient (Wildman–Crippen LogP) is 1.92. The highest BCUT2D eigenvalue weighted by Crippen LogP contribution is 1.93. The molecule has 0 unspecified atom stereocenters. The summed E-state index contributed by atoms with van der Waals surface area (Å²) in [4.78, 5) is 21.2. The summed E-state index contributed by atoms with van der Waals surface area (Å²) in [6.45, 7) is 5.01. The van der Waals surface area contributed by atoms with E-state index in [1.54, 1.807) is 20.8 Å². The second-order valence-corrected chi connectivity index (χ2v) is 2.38. The molecular formula is C7H12N2O3. The maximum atomic E-state index is 10.6. The molecule has 0 aliphatic carbocycles. The Hall–Kier alpha value is -1.26. The quantitative estimate of drug-likeness (QED) is 0.597. The number of rotatable bonds is 2. The van der Waals surface area contributed by atoms with E-state index in [2.05, 4.69) is 15.0 Å². The van der Waals surface area contributed by atoms with Crippen LogP contribution in [0.4, 0.5) is 4.79 Å². The molecule has 0 aliphatic heterocycles. The number of nitrogens with zero attached hydrogens (tertiary/aromatic N) is 2. The maximum absolute atomic E-state index is 10.6. The van der Waals surface area contributed by atoms with Crippen LogP contribution in [-0.2, 0) is 9.53 Å². The molecule has 0 rings (SSSR count). The monoisotopic (exact) mass is 172 g/mol. The molecule has 0 aromatic heterocycles. The molecule has 0 saturated heterocycles. The van der Waals surface area contributed by atoms with Crippen LogP contribution in [0, 0.1) is 0 Å². The molecule has 12 heavy (non-hydrogen) atoms. The van der Waals surface area contributed by atoms with Gasteiger partial charge in [0.2, 0.25) is 0 Å². The normalized spacial score (nSPS) is 10.7. The summed E-state index contributed by atoms with van der Waals surface area (Å²) in [5.41, 5.74) is 0. The van der Waals surface area contributed by atoms with Gasteiger partial charge in [0.15, 0.2) is 0 Å². The van der Waals surface area contributed by atoms with E-state index in [4.69, 9.17) is 0 Å². The second-order valence-electron chi connectivity index (χ2n) is 2.38. The van der Waals surface area contributed by atoms with Crippen molar-refractivity contribution in [3.05, 3.63) is 0 Å². The summed E-state index contributed by atoms with van der Waals surface area (Å²) in [6.07, 6.45) is -0.835. The van der Waals surface area contributed by atoms with E-state index in [1.165, 1.54) is 0 Å².